The Morgan fingerprint density at radius 1 is 1.07 bits per heavy atom. The van der Waals surface area contributed by atoms with Gasteiger partial charge in [-0.3, -0.25) is 14.5 Å². The van der Waals surface area contributed by atoms with E-state index < -0.39 is 9.84 Å². The van der Waals surface area contributed by atoms with Crippen LogP contribution in [0.3, 0.4) is 0 Å². The summed E-state index contributed by atoms with van der Waals surface area (Å²) in [5.41, 5.74) is 0.469. The van der Waals surface area contributed by atoms with Crippen LogP contribution in [0.15, 0.2) is 24.3 Å². The fraction of sp³-hybridized carbons (Fsp3) is 0.579. The van der Waals surface area contributed by atoms with Crippen molar-refractivity contribution in [3.63, 3.8) is 0 Å². The molecule has 2 N–H and O–H groups in total. The number of piperidine rings is 1. The molecule has 0 bridgehead atoms. The molecule has 3 rings (SSSR count). The first-order valence-corrected chi connectivity index (χ1v) is 11.8. The zero-order chi connectivity index (χ0) is 20.1. The van der Waals surface area contributed by atoms with Gasteiger partial charge < -0.3 is 10.6 Å². The lowest BCUT2D eigenvalue weighted by Crippen LogP contribution is -2.52. The molecule has 2 fully saturated rings. The van der Waals surface area contributed by atoms with Gasteiger partial charge in [-0.2, -0.15) is 0 Å². The smallest absolute Gasteiger partial charge is 0.251 e. The van der Waals surface area contributed by atoms with Crippen molar-refractivity contribution >= 4 is 33.3 Å². The van der Waals surface area contributed by atoms with E-state index in [0.29, 0.717) is 10.6 Å². The molecule has 2 unspecified atom stereocenters. The van der Waals surface area contributed by atoms with Crippen LogP contribution in [0.4, 0.5) is 0 Å². The SMILES string of the molecule is O=C(CCNC(=O)c1ccc(Cl)cc1)NC1CS(=O)(=O)CC1N1CCCCC1. The Kier molecular flexibility index (Phi) is 6.95. The van der Waals surface area contributed by atoms with E-state index in [9.17, 15) is 18.0 Å². The molecule has 2 aliphatic rings. The molecule has 0 aromatic heterocycles. The van der Waals surface area contributed by atoms with Gasteiger partial charge in [0, 0.05) is 29.6 Å². The van der Waals surface area contributed by atoms with Crippen LogP contribution in [0.25, 0.3) is 0 Å². The molecule has 0 radical (unpaired) electrons. The van der Waals surface area contributed by atoms with E-state index in [1.807, 2.05) is 0 Å². The molecule has 9 heteroatoms. The van der Waals surface area contributed by atoms with Crippen molar-refractivity contribution in [3.8, 4) is 0 Å². The molecule has 1 aromatic carbocycles. The Balaban J connectivity index is 1.48. The van der Waals surface area contributed by atoms with Crippen LogP contribution in [-0.4, -0.2) is 68.4 Å². The largest absolute Gasteiger partial charge is 0.352 e. The summed E-state index contributed by atoms with van der Waals surface area (Å²) in [7, 11) is -3.15. The number of likely N-dealkylation sites (tertiary alicyclic amines) is 1. The Hall–Kier alpha value is -1.64. The van der Waals surface area contributed by atoms with Crippen LogP contribution in [0.1, 0.15) is 36.0 Å². The number of benzene rings is 1. The molecule has 154 valence electrons. The first kappa shape index (κ1) is 21.1. The lowest BCUT2D eigenvalue weighted by atomic mass is 10.0. The average molecular weight is 428 g/mol. The summed E-state index contributed by atoms with van der Waals surface area (Å²) < 4.78 is 24.2. The van der Waals surface area contributed by atoms with E-state index in [2.05, 4.69) is 15.5 Å². The van der Waals surface area contributed by atoms with Gasteiger partial charge in [-0.25, -0.2) is 8.42 Å². The summed E-state index contributed by atoms with van der Waals surface area (Å²) in [6, 6.07) is 5.95. The highest BCUT2D eigenvalue weighted by molar-refractivity contribution is 7.91. The van der Waals surface area contributed by atoms with Crippen molar-refractivity contribution < 1.29 is 18.0 Å². The van der Waals surface area contributed by atoms with Crippen LogP contribution in [0.2, 0.25) is 5.02 Å². The van der Waals surface area contributed by atoms with Crippen molar-refractivity contribution in [3.05, 3.63) is 34.9 Å². The van der Waals surface area contributed by atoms with E-state index in [1.54, 1.807) is 24.3 Å². The minimum Gasteiger partial charge on any atom is -0.352 e. The quantitative estimate of drug-likeness (QED) is 0.711. The van der Waals surface area contributed by atoms with Gasteiger partial charge in [0.05, 0.1) is 17.5 Å². The van der Waals surface area contributed by atoms with Crippen LogP contribution in [0.5, 0.6) is 0 Å². The van der Waals surface area contributed by atoms with Crippen molar-refractivity contribution in [2.45, 2.75) is 37.8 Å². The first-order valence-electron chi connectivity index (χ1n) is 9.62. The fourth-order valence-corrected chi connectivity index (χ4v) is 5.93. The summed E-state index contributed by atoms with van der Waals surface area (Å²) in [6.45, 7) is 1.94. The lowest BCUT2D eigenvalue weighted by Gasteiger charge is -2.35. The van der Waals surface area contributed by atoms with Gasteiger partial charge in [-0.15, -0.1) is 0 Å². The Labute approximate surface area is 170 Å². The maximum atomic E-state index is 12.3. The van der Waals surface area contributed by atoms with Gasteiger partial charge in [0.2, 0.25) is 5.91 Å². The monoisotopic (exact) mass is 427 g/mol. The van der Waals surface area contributed by atoms with E-state index in [4.69, 9.17) is 11.6 Å². The molecule has 2 amide bonds. The molecule has 2 heterocycles. The number of halogens is 1. The molecule has 2 atom stereocenters. The summed E-state index contributed by atoms with van der Waals surface area (Å²) in [6.07, 6.45) is 3.39. The second-order valence-electron chi connectivity index (χ2n) is 7.43. The second kappa shape index (κ2) is 9.24. The minimum atomic E-state index is -3.15. The van der Waals surface area contributed by atoms with Crippen LogP contribution in [0, 0.1) is 0 Å². The number of amides is 2. The molecule has 1 aromatic rings. The van der Waals surface area contributed by atoms with Crippen molar-refractivity contribution in [1.82, 2.24) is 15.5 Å². The Morgan fingerprint density at radius 3 is 2.43 bits per heavy atom. The summed E-state index contributed by atoms with van der Waals surface area (Å²) in [5.74, 6) is -0.443. The van der Waals surface area contributed by atoms with Gasteiger partial charge in [0.25, 0.3) is 5.91 Å². The first-order chi connectivity index (χ1) is 13.3. The highest BCUT2D eigenvalue weighted by atomic mass is 35.5. The van der Waals surface area contributed by atoms with E-state index in [-0.39, 0.29) is 48.4 Å². The number of carbonyl (C=O) groups is 2. The molecule has 2 saturated heterocycles. The van der Waals surface area contributed by atoms with E-state index in [0.717, 1.165) is 25.9 Å². The predicted molar refractivity (Wildman–Crippen MR) is 108 cm³/mol. The van der Waals surface area contributed by atoms with Gasteiger partial charge in [0.1, 0.15) is 0 Å². The number of sulfone groups is 1. The molecule has 0 aliphatic carbocycles. The number of nitrogens with one attached hydrogen (secondary N) is 2. The van der Waals surface area contributed by atoms with Crippen molar-refractivity contribution in [1.29, 1.82) is 0 Å². The molecule has 0 spiro atoms. The molecular formula is C19H26ClN3O4S. The number of hydrogen-bond acceptors (Lipinski definition) is 5. The standard InChI is InChI=1S/C19H26ClN3O4S/c20-15-6-4-14(5-7-15)19(25)21-9-8-18(24)22-16-12-28(26,27)13-17(16)23-10-2-1-3-11-23/h4-7,16-17H,1-3,8-13H2,(H,21,25)(H,22,24). The zero-order valence-corrected chi connectivity index (χ0v) is 17.3. The summed E-state index contributed by atoms with van der Waals surface area (Å²) in [5, 5.41) is 6.11. The van der Waals surface area contributed by atoms with Gasteiger partial charge in [-0.05, 0) is 50.2 Å². The number of carbonyl (C=O) groups excluding carboxylic acids is 2. The Bertz CT molecular complexity index is 807. The Morgan fingerprint density at radius 2 is 1.75 bits per heavy atom. The predicted octanol–water partition coefficient (Wildman–Crippen LogP) is 1.23. The number of rotatable bonds is 6. The highest BCUT2D eigenvalue weighted by Crippen LogP contribution is 2.22. The fourth-order valence-electron chi connectivity index (χ4n) is 3.85. The normalized spacial score (nSPS) is 24.6. The zero-order valence-electron chi connectivity index (χ0n) is 15.7. The van der Waals surface area contributed by atoms with Crippen LogP contribution in [-0.2, 0) is 14.6 Å². The summed E-state index contributed by atoms with van der Waals surface area (Å²) >= 11 is 5.80. The summed E-state index contributed by atoms with van der Waals surface area (Å²) in [4.78, 5) is 26.6. The van der Waals surface area contributed by atoms with Gasteiger partial charge >= 0.3 is 0 Å². The maximum absolute atomic E-state index is 12.3. The van der Waals surface area contributed by atoms with Crippen LogP contribution < -0.4 is 10.6 Å². The number of hydrogen-bond donors (Lipinski definition) is 2. The molecule has 0 saturated carbocycles. The van der Waals surface area contributed by atoms with E-state index >= 15 is 0 Å². The third-order valence-electron chi connectivity index (χ3n) is 5.27. The minimum absolute atomic E-state index is 0.0168. The molecular weight excluding hydrogens is 402 g/mol. The molecule has 2 aliphatic heterocycles. The highest BCUT2D eigenvalue weighted by Gasteiger charge is 2.41. The maximum Gasteiger partial charge on any atom is 0.251 e. The van der Waals surface area contributed by atoms with Gasteiger partial charge in [0.15, 0.2) is 9.84 Å². The topological polar surface area (TPSA) is 95.6 Å². The van der Waals surface area contributed by atoms with E-state index in [1.165, 1.54) is 6.42 Å². The van der Waals surface area contributed by atoms with Gasteiger partial charge in [-0.1, -0.05) is 18.0 Å². The molecule has 7 nitrogen and oxygen atoms in total. The number of nitrogens with zero attached hydrogens (tertiary/aromatic N) is 1. The third-order valence-corrected chi connectivity index (χ3v) is 7.24. The third kappa shape index (κ3) is 5.68. The van der Waals surface area contributed by atoms with Crippen LogP contribution >= 0.6 is 11.6 Å². The average Bonchev–Trinajstić information content (AvgIpc) is 2.97. The van der Waals surface area contributed by atoms with Crippen molar-refractivity contribution in [2.75, 3.05) is 31.1 Å². The molecule has 28 heavy (non-hydrogen) atoms. The van der Waals surface area contributed by atoms with Crippen molar-refractivity contribution in [2.24, 2.45) is 0 Å². The second-order valence-corrected chi connectivity index (χ2v) is 10.0. The lowest BCUT2D eigenvalue weighted by molar-refractivity contribution is -0.121.